The van der Waals surface area contributed by atoms with Crippen molar-refractivity contribution in [2.24, 2.45) is 5.92 Å². The summed E-state index contributed by atoms with van der Waals surface area (Å²) in [5.41, 5.74) is 1.03. The third-order valence-corrected chi connectivity index (χ3v) is 7.43. The van der Waals surface area contributed by atoms with Gasteiger partial charge in [0.05, 0.1) is 17.8 Å². The van der Waals surface area contributed by atoms with Crippen LogP contribution >= 0.6 is 11.3 Å². The molecule has 1 saturated carbocycles. The Morgan fingerprint density at radius 2 is 1.87 bits per heavy atom. The number of carboxylic acids is 1. The molecule has 2 aromatic rings. The summed E-state index contributed by atoms with van der Waals surface area (Å²) >= 11 is 1.24. The highest BCUT2D eigenvalue weighted by Gasteiger charge is 2.42. The summed E-state index contributed by atoms with van der Waals surface area (Å²) in [6, 6.07) is 11.6. The van der Waals surface area contributed by atoms with E-state index in [9.17, 15) is 14.7 Å². The Labute approximate surface area is 182 Å². The topological polar surface area (TPSA) is 60.9 Å². The van der Waals surface area contributed by atoms with Gasteiger partial charge in [-0.05, 0) is 44.2 Å². The second kappa shape index (κ2) is 8.52. The quantitative estimate of drug-likeness (QED) is 0.721. The highest BCUT2D eigenvalue weighted by molar-refractivity contribution is 7.18. The Morgan fingerprint density at radius 3 is 2.50 bits per heavy atom. The van der Waals surface area contributed by atoms with Gasteiger partial charge in [-0.15, -0.1) is 11.3 Å². The molecule has 2 aliphatic rings. The van der Waals surface area contributed by atoms with E-state index in [2.05, 4.69) is 4.90 Å². The Morgan fingerprint density at radius 1 is 1.17 bits per heavy atom. The number of carbonyl (C=O) groups excluding carboxylic acids is 1. The number of piperazine rings is 1. The lowest BCUT2D eigenvalue weighted by atomic mass is 9.88. The monoisotopic (exact) mass is 426 g/mol. The van der Waals surface area contributed by atoms with E-state index in [0.717, 1.165) is 23.5 Å². The maximum Gasteiger partial charge on any atom is 0.348 e. The standard InChI is InChI=1S/C24H30N2O3S/c1-24(2)16-25(14-17-9-5-3-6-10-17)15-21(27)26(24)19-13-20(30-22(19)23(28)29)18-11-7-4-8-12-18/h4,7-8,11-13,17H,3,5-6,9-10,14-16H2,1-2H3,(H,28,29). The number of hydrogen-bond donors (Lipinski definition) is 1. The first kappa shape index (κ1) is 21.1. The molecule has 1 aliphatic carbocycles. The molecule has 0 spiro atoms. The lowest BCUT2D eigenvalue weighted by Crippen LogP contribution is -2.63. The van der Waals surface area contributed by atoms with Crippen molar-refractivity contribution in [2.75, 3.05) is 24.5 Å². The van der Waals surface area contributed by atoms with Crippen molar-refractivity contribution < 1.29 is 14.7 Å². The normalized spacial score (nSPS) is 20.5. The maximum atomic E-state index is 13.3. The predicted octanol–water partition coefficient (Wildman–Crippen LogP) is 5.12. The van der Waals surface area contributed by atoms with E-state index in [4.69, 9.17) is 0 Å². The van der Waals surface area contributed by atoms with Gasteiger partial charge >= 0.3 is 5.97 Å². The molecular weight excluding hydrogens is 396 g/mol. The fourth-order valence-corrected chi connectivity index (χ4v) is 6.03. The Bertz CT molecular complexity index is 916. The fourth-order valence-electron chi connectivity index (χ4n) is 5.04. The molecule has 1 saturated heterocycles. The summed E-state index contributed by atoms with van der Waals surface area (Å²) in [4.78, 5) is 30.4. The maximum absolute atomic E-state index is 13.3. The molecule has 1 aliphatic heterocycles. The number of anilines is 1. The fraction of sp³-hybridized carbons (Fsp3) is 0.500. The van der Waals surface area contributed by atoms with Gasteiger partial charge in [0.1, 0.15) is 4.88 Å². The molecule has 0 bridgehead atoms. The second-order valence-corrected chi connectivity index (χ2v) is 10.3. The summed E-state index contributed by atoms with van der Waals surface area (Å²) in [7, 11) is 0. The van der Waals surface area contributed by atoms with E-state index in [1.165, 1.54) is 43.4 Å². The zero-order valence-electron chi connectivity index (χ0n) is 17.8. The lowest BCUT2D eigenvalue weighted by molar-refractivity contribution is -0.123. The van der Waals surface area contributed by atoms with Gasteiger partial charge in [-0.3, -0.25) is 9.69 Å². The van der Waals surface area contributed by atoms with Gasteiger partial charge in [-0.25, -0.2) is 4.79 Å². The minimum Gasteiger partial charge on any atom is -0.477 e. The van der Waals surface area contributed by atoms with E-state index < -0.39 is 11.5 Å². The number of rotatable bonds is 5. The molecular formula is C24H30N2O3S. The molecule has 1 N–H and O–H groups in total. The molecule has 5 nitrogen and oxygen atoms in total. The number of carboxylic acid groups (broad SMARTS) is 1. The smallest absolute Gasteiger partial charge is 0.348 e. The van der Waals surface area contributed by atoms with E-state index in [1.54, 1.807) is 4.90 Å². The Kier molecular flexibility index (Phi) is 5.98. The molecule has 1 aromatic heterocycles. The number of thiophene rings is 1. The zero-order chi connectivity index (χ0) is 21.3. The first-order valence-electron chi connectivity index (χ1n) is 10.8. The van der Waals surface area contributed by atoms with Crippen LogP contribution in [0.2, 0.25) is 0 Å². The van der Waals surface area contributed by atoms with Gasteiger partial charge in [-0.2, -0.15) is 0 Å². The van der Waals surface area contributed by atoms with Crippen molar-refractivity contribution in [3.63, 3.8) is 0 Å². The Balaban J connectivity index is 1.61. The summed E-state index contributed by atoms with van der Waals surface area (Å²) in [5.74, 6) is -0.318. The number of carbonyl (C=O) groups is 2. The molecule has 0 unspecified atom stereocenters. The average Bonchev–Trinajstić information content (AvgIpc) is 3.13. The largest absolute Gasteiger partial charge is 0.477 e. The van der Waals surface area contributed by atoms with Crippen LogP contribution in [0.4, 0.5) is 5.69 Å². The molecule has 0 radical (unpaired) electrons. The van der Waals surface area contributed by atoms with Crippen LogP contribution in [0.5, 0.6) is 0 Å². The molecule has 2 heterocycles. The van der Waals surface area contributed by atoms with Crippen LogP contribution in [-0.4, -0.2) is 47.1 Å². The number of nitrogens with zero attached hydrogens (tertiary/aromatic N) is 2. The Hall–Kier alpha value is -2.18. The minimum atomic E-state index is -0.981. The van der Waals surface area contributed by atoms with Crippen LogP contribution < -0.4 is 4.90 Å². The number of benzene rings is 1. The van der Waals surface area contributed by atoms with Gasteiger partial charge in [0.2, 0.25) is 5.91 Å². The number of hydrogen-bond acceptors (Lipinski definition) is 4. The molecule has 1 aromatic carbocycles. The summed E-state index contributed by atoms with van der Waals surface area (Å²) in [6.45, 7) is 6.17. The first-order chi connectivity index (χ1) is 14.3. The van der Waals surface area contributed by atoms with Crippen LogP contribution in [0.25, 0.3) is 10.4 Å². The molecule has 30 heavy (non-hydrogen) atoms. The zero-order valence-corrected chi connectivity index (χ0v) is 18.6. The molecule has 4 rings (SSSR count). The first-order valence-corrected chi connectivity index (χ1v) is 11.6. The van der Waals surface area contributed by atoms with Crippen LogP contribution in [0.1, 0.15) is 55.6 Å². The van der Waals surface area contributed by atoms with Gasteiger partial charge in [0, 0.05) is 18.0 Å². The van der Waals surface area contributed by atoms with E-state index in [1.807, 2.05) is 50.2 Å². The van der Waals surface area contributed by atoms with Crippen LogP contribution in [0.15, 0.2) is 36.4 Å². The third-order valence-electron chi connectivity index (χ3n) is 6.27. The highest BCUT2D eigenvalue weighted by Crippen LogP contribution is 2.41. The van der Waals surface area contributed by atoms with Gasteiger partial charge in [-0.1, -0.05) is 49.6 Å². The van der Waals surface area contributed by atoms with Gasteiger partial charge in [0.15, 0.2) is 0 Å². The van der Waals surface area contributed by atoms with Gasteiger partial charge < -0.3 is 10.0 Å². The van der Waals surface area contributed by atoms with Crippen LogP contribution in [0, 0.1) is 5.92 Å². The van der Waals surface area contributed by atoms with Crippen LogP contribution in [0.3, 0.4) is 0 Å². The lowest BCUT2D eigenvalue weighted by Gasteiger charge is -2.47. The average molecular weight is 427 g/mol. The summed E-state index contributed by atoms with van der Waals surface area (Å²) < 4.78 is 0. The van der Waals surface area contributed by atoms with Crippen LogP contribution in [-0.2, 0) is 4.79 Å². The molecule has 6 heteroatoms. The molecule has 0 atom stereocenters. The molecule has 2 fully saturated rings. The second-order valence-electron chi connectivity index (χ2n) is 9.21. The minimum absolute atomic E-state index is 0.0121. The molecule has 160 valence electrons. The SMILES string of the molecule is CC1(C)CN(CC2CCCCC2)CC(=O)N1c1cc(-c2ccccc2)sc1C(=O)O. The highest BCUT2D eigenvalue weighted by atomic mass is 32.1. The summed E-state index contributed by atoms with van der Waals surface area (Å²) in [5, 5.41) is 9.84. The van der Waals surface area contributed by atoms with E-state index >= 15 is 0 Å². The van der Waals surface area contributed by atoms with E-state index in [0.29, 0.717) is 18.2 Å². The van der Waals surface area contributed by atoms with Crippen molar-refractivity contribution in [3.05, 3.63) is 41.3 Å². The van der Waals surface area contributed by atoms with Crippen molar-refractivity contribution in [1.82, 2.24) is 4.90 Å². The van der Waals surface area contributed by atoms with Gasteiger partial charge in [0.25, 0.3) is 0 Å². The number of amides is 1. The van der Waals surface area contributed by atoms with Crippen molar-refractivity contribution in [3.8, 4) is 10.4 Å². The van der Waals surface area contributed by atoms with Crippen molar-refractivity contribution in [2.45, 2.75) is 51.5 Å². The third kappa shape index (κ3) is 4.30. The summed E-state index contributed by atoms with van der Waals surface area (Å²) in [6.07, 6.45) is 6.42. The molecule has 1 amide bonds. The van der Waals surface area contributed by atoms with Crippen molar-refractivity contribution in [1.29, 1.82) is 0 Å². The van der Waals surface area contributed by atoms with Crippen molar-refractivity contribution >= 4 is 28.9 Å². The predicted molar refractivity (Wildman–Crippen MR) is 121 cm³/mol. The van der Waals surface area contributed by atoms with E-state index in [-0.39, 0.29) is 10.8 Å². The number of aromatic carboxylic acids is 1.